The number of benzene rings is 1. The standard InChI is InChI=1S/C30H48NO6P/c1-3-5-6-7-8-9-10-11-12-13-14-15-16-17-18-19-30(32)31-28(26-37-38(33,34)35)25-27-20-22-29(23-21-27)36-24-4-2/h2,11-12,20-23,28H,3,5-10,13-19,24-26H2,1H3,(H,31,32)(H2,33,34,35)/t28-/m0/s1. The SMILES string of the molecule is C#CCOc1ccc(C[C@@H](COP(=O)(O)O)NC(=O)CCCCCCCC=CCCCCCCCC)cc1. The van der Waals surface area contributed by atoms with Crippen LogP contribution in [-0.2, 0) is 20.3 Å². The van der Waals surface area contributed by atoms with E-state index in [4.69, 9.17) is 20.9 Å². The smallest absolute Gasteiger partial charge is 0.469 e. The number of nitrogens with one attached hydrogen (secondary N) is 1. The van der Waals surface area contributed by atoms with Gasteiger partial charge in [-0.15, -0.1) is 6.42 Å². The molecular weight excluding hydrogens is 501 g/mol. The van der Waals surface area contributed by atoms with Crippen LogP contribution in [0.15, 0.2) is 36.4 Å². The summed E-state index contributed by atoms with van der Waals surface area (Å²) < 4.78 is 21.2. The lowest BCUT2D eigenvalue weighted by molar-refractivity contribution is -0.122. The first-order valence-electron chi connectivity index (χ1n) is 14.1. The maximum atomic E-state index is 12.5. The van der Waals surface area contributed by atoms with Crippen LogP contribution in [0.1, 0.15) is 102 Å². The van der Waals surface area contributed by atoms with E-state index in [9.17, 15) is 9.36 Å². The van der Waals surface area contributed by atoms with E-state index >= 15 is 0 Å². The van der Waals surface area contributed by atoms with Crippen LogP contribution in [0, 0.1) is 12.3 Å². The van der Waals surface area contributed by atoms with Gasteiger partial charge in [-0.2, -0.15) is 0 Å². The summed E-state index contributed by atoms with van der Waals surface area (Å²) in [5, 5.41) is 2.86. The minimum atomic E-state index is -4.64. The molecule has 0 bridgehead atoms. The fourth-order valence-electron chi connectivity index (χ4n) is 4.13. The molecule has 3 N–H and O–H groups in total. The Bertz CT molecular complexity index is 858. The summed E-state index contributed by atoms with van der Waals surface area (Å²) in [7, 11) is -4.64. The number of unbranched alkanes of at least 4 members (excludes halogenated alkanes) is 11. The lowest BCUT2D eigenvalue weighted by atomic mass is 10.1. The Hall–Kier alpha value is -2.10. The average molecular weight is 550 g/mol. The van der Waals surface area contributed by atoms with Gasteiger partial charge in [0, 0.05) is 6.42 Å². The summed E-state index contributed by atoms with van der Waals surface area (Å²) in [5.74, 6) is 2.89. The minimum absolute atomic E-state index is 0.143. The normalized spacial score (nSPS) is 12.4. The van der Waals surface area contributed by atoms with Crippen molar-refractivity contribution in [2.24, 2.45) is 0 Å². The van der Waals surface area contributed by atoms with Gasteiger partial charge in [0.1, 0.15) is 12.4 Å². The highest BCUT2D eigenvalue weighted by Crippen LogP contribution is 2.35. The molecule has 0 radical (unpaired) electrons. The van der Waals surface area contributed by atoms with Crippen molar-refractivity contribution in [2.45, 2.75) is 109 Å². The van der Waals surface area contributed by atoms with Crippen molar-refractivity contribution < 1.29 is 28.4 Å². The van der Waals surface area contributed by atoms with Gasteiger partial charge in [0.15, 0.2) is 0 Å². The minimum Gasteiger partial charge on any atom is -0.481 e. The monoisotopic (exact) mass is 549 g/mol. The Kier molecular flexibility index (Phi) is 19.5. The lowest BCUT2D eigenvalue weighted by Crippen LogP contribution is -2.39. The molecule has 0 aliphatic heterocycles. The molecule has 0 spiro atoms. The average Bonchev–Trinajstić information content (AvgIpc) is 2.88. The molecule has 0 heterocycles. The van der Waals surface area contributed by atoms with Crippen LogP contribution in [-0.4, -0.2) is 34.9 Å². The largest absolute Gasteiger partial charge is 0.481 e. The predicted octanol–water partition coefficient (Wildman–Crippen LogP) is 6.87. The molecule has 1 rings (SSSR count). The Balaban J connectivity index is 2.24. The van der Waals surface area contributed by atoms with Gasteiger partial charge in [0.2, 0.25) is 5.91 Å². The third-order valence-corrected chi connectivity index (χ3v) is 6.69. The lowest BCUT2D eigenvalue weighted by Gasteiger charge is -2.19. The van der Waals surface area contributed by atoms with E-state index in [1.807, 2.05) is 12.1 Å². The summed E-state index contributed by atoms with van der Waals surface area (Å²) >= 11 is 0. The van der Waals surface area contributed by atoms with E-state index in [1.165, 1.54) is 51.4 Å². The van der Waals surface area contributed by atoms with Crippen LogP contribution in [0.2, 0.25) is 0 Å². The summed E-state index contributed by atoms with van der Waals surface area (Å²) in [6, 6.07) is 6.62. The first kappa shape index (κ1) is 33.9. The van der Waals surface area contributed by atoms with Crippen molar-refractivity contribution in [2.75, 3.05) is 13.2 Å². The zero-order chi connectivity index (χ0) is 27.9. The Labute approximate surface area is 230 Å². The molecule has 0 fully saturated rings. The first-order valence-corrected chi connectivity index (χ1v) is 15.7. The molecule has 8 heteroatoms. The molecule has 0 aliphatic rings. The molecule has 0 aromatic heterocycles. The van der Waals surface area contributed by atoms with Crippen molar-refractivity contribution in [1.82, 2.24) is 5.32 Å². The Morgan fingerprint density at radius 1 is 0.974 bits per heavy atom. The zero-order valence-electron chi connectivity index (χ0n) is 23.1. The molecule has 0 unspecified atom stereocenters. The van der Waals surface area contributed by atoms with Crippen molar-refractivity contribution in [3.63, 3.8) is 0 Å². The van der Waals surface area contributed by atoms with E-state index in [2.05, 4.69) is 34.8 Å². The van der Waals surface area contributed by atoms with Crippen LogP contribution >= 0.6 is 7.82 Å². The number of rotatable bonds is 23. The van der Waals surface area contributed by atoms with Gasteiger partial charge in [-0.3, -0.25) is 9.32 Å². The number of phosphoric acid groups is 1. The second kappa shape index (κ2) is 21.8. The summed E-state index contributed by atoms with van der Waals surface area (Å²) in [6.45, 7) is 2.14. The van der Waals surface area contributed by atoms with Crippen LogP contribution in [0.25, 0.3) is 0 Å². The van der Waals surface area contributed by atoms with Crippen molar-refractivity contribution >= 4 is 13.7 Å². The second-order valence-electron chi connectivity index (χ2n) is 9.73. The number of ether oxygens (including phenoxy) is 1. The van der Waals surface area contributed by atoms with Gasteiger partial charge < -0.3 is 19.8 Å². The molecule has 1 aromatic carbocycles. The Morgan fingerprint density at radius 2 is 1.55 bits per heavy atom. The molecule has 0 saturated heterocycles. The highest BCUT2D eigenvalue weighted by Gasteiger charge is 2.20. The number of hydrogen-bond donors (Lipinski definition) is 3. The van der Waals surface area contributed by atoms with Gasteiger partial charge in [0.05, 0.1) is 12.6 Å². The zero-order valence-corrected chi connectivity index (χ0v) is 24.0. The maximum absolute atomic E-state index is 12.5. The van der Waals surface area contributed by atoms with Crippen LogP contribution in [0.3, 0.4) is 0 Å². The van der Waals surface area contributed by atoms with E-state index in [0.717, 1.165) is 37.7 Å². The number of phosphoric ester groups is 1. The van der Waals surface area contributed by atoms with Crippen LogP contribution in [0.5, 0.6) is 5.75 Å². The van der Waals surface area contributed by atoms with E-state index in [-0.39, 0.29) is 19.1 Å². The van der Waals surface area contributed by atoms with Gasteiger partial charge in [-0.1, -0.05) is 88.5 Å². The summed E-state index contributed by atoms with van der Waals surface area (Å²) in [6.07, 6.45) is 26.1. The molecule has 7 nitrogen and oxygen atoms in total. The number of hydrogen-bond acceptors (Lipinski definition) is 4. The first-order chi connectivity index (χ1) is 18.3. The highest BCUT2D eigenvalue weighted by atomic mass is 31.2. The fourth-order valence-corrected chi connectivity index (χ4v) is 4.50. The number of carbonyl (C=O) groups excluding carboxylic acids is 1. The highest BCUT2D eigenvalue weighted by molar-refractivity contribution is 7.46. The van der Waals surface area contributed by atoms with Gasteiger partial charge >= 0.3 is 7.82 Å². The van der Waals surface area contributed by atoms with Crippen LogP contribution < -0.4 is 10.1 Å². The molecular formula is C30H48NO6P. The summed E-state index contributed by atoms with van der Waals surface area (Å²) in [5.41, 5.74) is 0.874. The number of carbonyl (C=O) groups is 1. The quantitative estimate of drug-likeness (QED) is 0.0595. The van der Waals surface area contributed by atoms with Crippen molar-refractivity contribution in [1.29, 1.82) is 0 Å². The van der Waals surface area contributed by atoms with Gasteiger partial charge in [-0.05, 0) is 56.2 Å². The van der Waals surface area contributed by atoms with E-state index in [1.54, 1.807) is 12.1 Å². The fraction of sp³-hybridized carbons (Fsp3) is 0.633. The van der Waals surface area contributed by atoms with Gasteiger partial charge in [0.25, 0.3) is 0 Å². The topological polar surface area (TPSA) is 105 Å². The van der Waals surface area contributed by atoms with E-state index < -0.39 is 13.9 Å². The van der Waals surface area contributed by atoms with E-state index in [0.29, 0.717) is 18.6 Å². The molecule has 1 atom stereocenters. The number of terminal acetylenes is 1. The molecule has 214 valence electrons. The molecule has 0 aliphatic carbocycles. The molecule has 0 saturated carbocycles. The van der Waals surface area contributed by atoms with Gasteiger partial charge in [-0.25, -0.2) is 4.57 Å². The van der Waals surface area contributed by atoms with Crippen molar-refractivity contribution in [3.8, 4) is 18.1 Å². The Morgan fingerprint density at radius 3 is 2.13 bits per heavy atom. The number of allylic oxidation sites excluding steroid dienone is 2. The number of amides is 1. The van der Waals surface area contributed by atoms with Crippen LogP contribution in [0.4, 0.5) is 0 Å². The van der Waals surface area contributed by atoms with Crippen molar-refractivity contribution in [3.05, 3.63) is 42.0 Å². The molecule has 1 aromatic rings. The summed E-state index contributed by atoms with van der Waals surface area (Å²) in [4.78, 5) is 30.6. The molecule has 38 heavy (non-hydrogen) atoms. The second-order valence-corrected chi connectivity index (χ2v) is 11.0. The third-order valence-electron chi connectivity index (χ3n) is 6.20. The maximum Gasteiger partial charge on any atom is 0.469 e. The third kappa shape index (κ3) is 19.9. The molecule has 1 amide bonds. The predicted molar refractivity (Wildman–Crippen MR) is 154 cm³/mol.